The summed E-state index contributed by atoms with van der Waals surface area (Å²) in [5.74, 6) is 0. The second kappa shape index (κ2) is 6.04. The van der Waals surface area contributed by atoms with Crippen molar-refractivity contribution >= 4 is 21.8 Å². The lowest BCUT2D eigenvalue weighted by Crippen LogP contribution is -2.12. The quantitative estimate of drug-likeness (QED) is 0.877. The van der Waals surface area contributed by atoms with E-state index in [9.17, 15) is 8.42 Å². The van der Waals surface area contributed by atoms with Crippen molar-refractivity contribution < 1.29 is 8.42 Å². The largest absolute Gasteiger partial charge is 0.280 e. The number of hydrogen-bond acceptors (Lipinski definition) is 3. The molecule has 1 N–H and O–H groups in total. The van der Waals surface area contributed by atoms with E-state index in [-0.39, 0.29) is 4.90 Å². The molecule has 0 spiro atoms. The predicted octanol–water partition coefficient (Wildman–Crippen LogP) is 3.02. The molecule has 0 fully saturated rings. The van der Waals surface area contributed by atoms with Crippen LogP contribution in [0.2, 0.25) is 0 Å². The topological polar surface area (TPSA) is 70.0 Å². The summed E-state index contributed by atoms with van der Waals surface area (Å²) in [6.45, 7) is 0. The van der Waals surface area contributed by atoms with Crippen molar-refractivity contribution in [1.82, 2.24) is 0 Å². The Labute approximate surface area is 118 Å². The molecule has 0 aliphatic carbocycles. The van der Waals surface area contributed by atoms with Gasteiger partial charge in [0.05, 0.1) is 11.0 Å². The minimum atomic E-state index is -3.59. The van der Waals surface area contributed by atoms with Gasteiger partial charge in [-0.1, -0.05) is 30.3 Å². The van der Waals surface area contributed by atoms with Gasteiger partial charge in [-0.25, -0.2) is 8.42 Å². The summed E-state index contributed by atoms with van der Waals surface area (Å²) >= 11 is 0. The second-order valence-electron chi connectivity index (χ2n) is 4.00. The molecule has 0 amide bonds. The number of allylic oxidation sites excluding steroid dienone is 1. The van der Waals surface area contributed by atoms with Crippen molar-refractivity contribution in [3.8, 4) is 6.07 Å². The lowest BCUT2D eigenvalue weighted by molar-refractivity contribution is 0.601. The molecule has 0 saturated heterocycles. The molecule has 0 aliphatic rings. The van der Waals surface area contributed by atoms with E-state index in [4.69, 9.17) is 5.26 Å². The zero-order chi connectivity index (χ0) is 14.4. The molecule has 0 radical (unpaired) electrons. The Morgan fingerprint density at radius 3 is 2.25 bits per heavy atom. The van der Waals surface area contributed by atoms with E-state index in [1.807, 2.05) is 12.1 Å². The van der Waals surface area contributed by atoms with Crippen LogP contribution in [0.15, 0.2) is 65.6 Å². The van der Waals surface area contributed by atoms with Crippen LogP contribution in [0.1, 0.15) is 5.56 Å². The Morgan fingerprint density at radius 2 is 1.65 bits per heavy atom. The van der Waals surface area contributed by atoms with E-state index < -0.39 is 10.0 Å². The first-order valence-electron chi connectivity index (χ1n) is 5.86. The number of para-hydroxylation sites is 1. The number of nitrogens with one attached hydrogen (secondary N) is 1. The van der Waals surface area contributed by atoms with Crippen molar-refractivity contribution in [2.75, 3.05) is 4.72 Å². The summed E-state index contributed by atoms with van der Waals surface area (Å²) in [6.07, 6.45) is 2.95. The van der Waals surface area contributed by atoms with Gasteiger partial charge in [-0.3, -0.25) is 4.72 Å². The molecule has 100 valence electrons. The third-order valence-corrected chi connectivity index (χ3v) is 3.96. The Bertz CT molecular complexity index is 743. The van der Waals surface area contributed by atoms with Crippen LogP contribution in [0.3, 0.4) is 0 Å². The van der Waals surface area contributed by atoms with Gasteiger partial charge in [-0.15, -0.1) is 0 Å². The van der Waals surface area contributed by atoms with Crippen molar-refractivity contribution in [2.45, 2.75) is 4.90 Å². The van der Waals surface area contributed by atoms with Crippen LogP contribution in [0.5, 0.6) is 0 Å². The summed E-state index contributed by atoms with van der Waals surface area (Å²) in [5.41, 5.74) is 1.28. The molecule has 0 bridgehead atoms. The summed E-state index contributed by atoms with van der Waals surface area (Å²) in [4.78, 5) is 0.176. The fourth-order valence-corrected chi connectivity index (χ4v) is 2.67. The summed E-state index contributed by atoms with van der Waals surface area (Å²) in [5, 5.41) is 8.43. The van der Waals surface area contributed by atoms with Gasteiger partial charge in [0.2, 0.25) is 0 Å². The average molecular weight is 284 g/mol. The SMILES string of the molecule is N#CC=Cc1ccc(S(=O)(=O)Nc2ccccc2)cc1. The van der Waals surface area contributed by atoms with Crippen molar-refractivity contribution in [3.63, 3.8) is 0 Å². The van der Waals surface area contributed by atoms with Gasteiger partial charge < -0.3 is 0 Å². The van der Waals surface area contributed by atoms with Crippen molar-refractivity contribution in [1.29, 1.82) is 5.26 Å². The zero-order valence-corrected chi connectivity index (χ0v) is 11.3. The van der Waals surface area contributed by atoms with Gasteiger partial charge >= 0.3 is 0 Å². The fourth-order valence-electron chi connectivity index (χ4n) is 1.61. The predicted molar refractivity (Wildman–Crippen MR) is 78.3 cm³/mol. The number of rotatable bonds is 4. The second-order valence-corrected chi connectivity index (χ2v) is 5.69. The van der Waals surface area contributed by atoms with Crippen LogP contribution < -0.4 is 4.72 Å². The highest BCUT2D eigenvalue weighted by Gasteiger charge is 2.13. The molecule has 20 heavy (non-hydrogen) atoms. The van der Waals surface area contributed by atoms with E-state index in [1.54, 1.807) is 42.5 Å². The molecule has 2 rings (SSSR count). The zero-order valence-electron chi connectivity index (χ0n) is 10.5. The van der Waals surface area contributed by atoms with Crippen molar-refractivity contribution in [3.05, 3.63) is 66.2 Å². The Hall–Kier alpha value is -2.58. The molecule has 2 aromatic rings. The third kappa shape index (κ3) is 3.46. The normalized spacial score (nSPS) is 11.2. The molecule has 5 heteroatoms. The Balaban J connectivity index is 2.22. The minimum Gasteiger partial charge on any atom is -0.280 e. The van der Waals surface area contributed by atoms with E-state index in [1.165, 1.54) is 18.2 Å². The van der Waals surface area contributed by atoms with Gasteiger partial charge in [-0.2, -0.15) is 5.26 Å². The van der Waals surface area contributed by atoms with Crippen LogP contribution in [0.25, 0.3) is 6.08 Å². The summed E-state index contributed by atoms with van der Waals surface area (Å²) in [6, 6.07) is 16.9. The van der Waals surface area contributed by atoms with Crippen LogP contribution in [0, 0.1) is 11.3 Å². The van der Waals surface area contributed by atoms with Crippen LogP contribution >= 0.6 is 0 Å². The molecule has 0 aliphatic heterocycles. The van der Waals surface area contributed by atoms with Gasteiger partial charge in [0.1, 0.15) is 0 Å². The van der Waals surface area contributed by atoms with Gasteiger partial charge in [0, 0.05) is 11.8 Å². The monoisotopic (exact) mass is 284 g/mol. The molecule has 0 aromatic heterocycles. The lowest BCUT2D eigenvalue weighted by atomic mass is 10.2. The maximum Gasteiger partial charge on any atom is 0.261 e. The summed E-state index contributed by atoms with van der Waals surface area (Å²) < 4.78 is 26.8. The van der Waals surface area contributed by atoms with Crippen LogP contribution in [-0.4, -0.2) is 8.42 Å². The van der Waals surface area contributed by atoms with E-state index in [0.717, 1.165) is 5.56 Å². The number of anilines is 1. The van der Waals surface area contributed by atoms with E-state index in [0.29, 0.717) is 5.69 Å². The first-order valence-corrected chi connectivity index (χ1v) is 7.34. The Morgan fingerprint density at radius 1 is 1.00 bits per heavy atom. The highest BCUT2D eigenvalue weighted by Crippen LogP contribution is 2.16. The highest BCUT2D eigenvalue weighted by molar-refractivity contribution is 7.92. The maximum atomic E-state index is 12.1. The number of nitriles is 1. The molecule has 2 aromatic carbocycles. The summed E-state index contributed by atoms with van der Waals surface area (Å²) in [7, 11) is -3.59. The molecular weight excluding hydrogens is 272 g/mol. The molecule has 0 heterocycles. The van der Waals surface area contributed by atoms with E-state index >= 15 is 0 Å². The van der Waals surface area contributed by atoms with Crippen molar-refractivity contribution in [2.24, 2.45) is 0 Å². The number of hydrogen-bond donors (Lipinski definition) is 1. The Kier molecular flexibility index (Phi) is 4.18. The fraction of sp³-hybridized carbons (Fsp3) is 0. The minimum absolute atomic E-state index is 0.176. The van der Waals surface area contributed by atoms with Gasteiger partial charge in [0.25, 0.3) is 10.0 Å². The lowest BCUT2D eigenvalue weighted by Gasteiger charge is -2.07. The third-order valence-electron chi connectivity index (χ3n) is 2.57. The van der Waals surface area contributed by atoms with Crippen LogP contribution in [0.4, 0.5) is 5.69 Å². The number of sulfonamides is 1. The molecule has 0 unspecified atom stereocenters. The standard InChI is InChI=1S/C15H12N2O2S/c16-12-4-5-13-8-10-15(11-9-13)20(18,19)17-14-6-2-1-3-7-14/h1-11,17H. The molecule has 4 nitrogen and oxygen atoms in total. The molecular formula is C15H12N2O2S. The number of benzene rings is 2. The molecule has 0 saturated carbocycles. The molecule has 0 atom stereocenters. The number of nitrogens with zero attached hydrogens (tertiary/aromatic N) is 1. The highest BCUT2D eigenvalue weighted by atomic mass is 32.2. The average Bonchev–Trinajstić information content (AvgIpc) is 2.46. The van der Waals surface area contributed by atoms with Gasteiger partial charge in [0.15, 0.2) is 0 Å². The maximum absolute atomic E-state index is 12.1. The van der Waals surface area contributed by atoms with E-state index in [2.05, 4.69) is 4.72 Å². The first kappa shape index (κ1) is 13.8. The first-order chi connectivity index (χ1) is 9.62. The van der Waals surface area contributed by atoms with Crippen LogP contribution in [-0.2, 0) is 10.0 Å². The smallest absolute Gasteiger partial charge is 0.261 e. The van der Waals surface area contributed by atoms with Gasteiger partial charge in [-0.05, 0) is 35.9 Å².